The zero-order valence-corrected chi connectivity index (χ0v) is 31.4. The highest BCUT2D eigenvalue weighted by Gasteiger charge is 2.46. The monoisotopic (exact) mass is 730 g/mol. The molecule has 4 unspecified atom stereocenters. The number of rotatable bonds is 16. The van der Waals surface area contributed by atoms with Gasteiger partial charge in [-0.1, -0.05) is 121 Å². The van der Waals surface area contributed by atoms with Crippen LogP contribution in [0.15, 0.2) is 146 Å². The van der Waals surface area contributed by atoms with Gasteiger partial charge in [0.2, 0.25) is 0 Å². The van der Waals surface area contributed by atoms with Gasteiger partial charge in [0.1, 0.15) is 36.9 Å². The summed E-state index contributed by atoms with van der Waals surface area (Å²) in [7, 11) is 0. The minimum absolute atomic E-state index is 0.0775. The predicted octanol–water partition coefficient (Wildman–Crippen LogP) is 9.75. The zero-order valence-electron chi connectivity index (χ0n) is 31.4. The van der Waals surface area contributed by atoms with E-state index >= 15 is 0 Å². The molecule has 6 nitrogen and oxygen atoms in total. The second-order valence-electron chi connectivity index (χ2n) is 14.8. The molecule has 2 saturated heterocycles. The molecule has 3 aliphatic rings. The minimum atomic E-state index is -0.640. The van der Waals surface area contributed by atoms with E-state index in [1.54, 1.807) is 0 Å². The molecule has 0 spiro atoms. The van der Waals surface area contributed by atoms with Crippen LogP contribution in [0.2, 0.25) is 0 Å². The average molecular weight is 731 g/mol. The molecule has 6 aromatic carbocycles. The molecule has 55 heavy (non-hydrogen) atoms. The van der Waals surface area contributed by atoms with Gasteiger partial charge >= 0.3 is 0 Å². The molecular weight excluding hydrogens is 685 g/mol. The lowest BCUT2D eigenvalue weighted by Gasteiger charge is -2.35. The maximum absolute atomic E-state index is 6.57. The quantitative estimate of drug-likeness (QED) is 0.0924. The molecule has 278 valence electrons. The van der Waals surface area contributed by atoms with Crippen molar-refractivity contribution >= 4 is 0 Å². The molecule has 6 heteroatoms. The van der Waals surface area contributed by atoms with E-state index in [-0.39, 0.29) is 24.4 Å². The number of fused-ring (bicyclic) bond motifs is 3. The lowest BCUT2D eigenvalue weighted by molar-refractivity contribution is 0.0242. The number of epoxide rings is 2. The summed E-state index contributed by atoms with van der Waals surface area (Å²) in [6.07, 6.45) is 0.267. The second kappa shape index (κ2) is 15.5. The van der Waals surface area contributed by atoms with E-state index < -0.39 is 5.41 Å². The van der Waals surface area contributed by atoms with Gasteiger partial charge in [-0.05, 0) is 82.6 Å². The summed E-state index contributed by atoms with van der Waals surface area (Å²) in [5, 5.41) is 0. The van der Waals surface area contributed by atoms with E-state index in [1.165, 1.54) is 22.3 Å². The fraction of sp³-hybridized carbons (Fsp3) is 0.265. The Hall–Kier alpha value is -5.24. The SMILES string of the molecule is CC(COc1ccc(C2(c3ccc(OCC(C)OCC4CO4)c(-c4ccccc4)c3)c3ccccc3-c3ccccc32)cc1-c1ccccc1)OCC1CO1. The van der Waals surface area contributed by atoms with E-state index in [2.05, 4.69) is 159 Å². The Morgan fingerprint density at radius 3 is 1.33 bits per heavy atom. The Balaban J connectivity index is 1.18. The molecule has 0 aromatic heterocycles. The third kappa shape index (κ3) is 7.31. The van der Waals surface area contributed by atoms with Crippen LogP contribution in [0, 0.1) is 0 Å². The van der Waals surface area contributed by atoms with Gasteiger partial charge in [-0.15, -0.1) is 0 Å². The zero-order chi connectivity index (χ0) is 37.2. The van der Waals surface area contributed by atoms with E-state index in [0.29, 0.717) is 26.4 Å². The third-order valence-corrected chi connectivity index (χ3v) is 10.8. The molecule has 9 rings (SSSR count). The van der Waals surface area contributed by atoms with Gasteiger partial charge in [0.15, 0.2) is 0 Å². The summed E-state index contributed by atoms with van der Waals surface area (Å²) in [5.74, 6) is 1.64. The lowest BCUT2D eigenvalue weighted by atomic mass is 9.67. The molecule has 0 amide bonds. The van der Waals surface area contributed by atoms with Gasteiger partial charge in [0.25, 0.3) is 0 Å². The molecule has 0 N–H and O–H groups in total. The number of ether oxygens (including phenoxy) is 6. The summed E-state index contributed by atoms with van der Waals surface area (Å²) >= 11 is 0. The minimum Gasteiger partial charge on any atom is -0.490 e. The van der Waals surface area contributed by atoms with Crippen molar-refractivity contribution < 1.29 is 28.4 Å². The highest BCUT2D eigenvalue weighted by atomic mass is 16.6. The molecule has 2 heterocycles. The Bertz CT molecular complexity index is 2080. The van der Waals surface area contributed by atoms with Crippen LogP contribution in [0.1, 0.15) is 36.1 Å². The van der Waals surface area contributed by atoms with Crippen molar-refractivity contribution in [3.8, 4) is 44.9 Å². The van der Waals surface area contributed by atoms with Crippen LogP contribution in [-0.2, 0) is 24.4 Å². The van der Waals surface area contributed by atoms with Crippen molar-refractivity contribution in [3.63, 3.8) is 0 Å². The first-order chi connectivity index (χ1) is 27.1. The summed E-state index contributed by atoms with van der Waals surface area (Å²) in [6.45, 7) is 7.69. The molecule has 0 bridgehead atoms. The van der Waals surface area contributed by atoms with Crippen molar-refractivity contribution in [1.29, 1.82) is 0 Å². The maximum Gasteiger partial charge on any atom is 0.127 e. The molecule has 6 aromatic rings. The van der Waals surface area contributed by atoms with E-state index in [9.17, 15) is 0 Å². The van der Waals surface area contributed by atoms with Gasteiger partial charge in [-0.2, -0.15) is 0 Å². The molecule has 1 aliphatic carbocycles. The normalized spacial score (nSPS) is 18.5. The van der Waals surface area contributed by atoms with Crippen molar-refractivity contribution in [2.24, 2.45) is 0 Å². The predicted molar refractivity (Wildman–Crippen MR) is 216 cm³/mol. The van der Waals surface area contributed by atoms with Crippen LogP contribution < -0.4 is 9.47 Å². The van der Waals surface area contributed by atoms with Gasteiger partial charge < -0.3 is 28.4 Å². The molecular formula is C49H46O6. The number of hydrogen-bond donors (Lipinski definition) is 0. The van der Waals surface area contributed by atoms with E-state index in [0.717, 1.165) is 58.1 Å². The third-order valence-electron chi connectivity index (χ3n) is 10.8. The summed E-state index contributed by atoms with van der Waals surface area (Å²) in [4.78, 5) is 0. The van der Waals surface area contributed by atoms with Gasteiger partial charge in [0.05, 0.1) is 44.1 Å². The summed E-state index contributed by atoms with van der Waals surface area (Å²) in [6, 6.07) is 52.2. The number of benzene rings is 6. The Kier molecular flexibility index (Phi) is 9.98. The van der Waals surface area contributed by atoms with Crippen LogP contribution in [-0.4, -0.2) is 64.1 Å². The summed E-state index contributed by atoms with van der Waals surface area (Å²) in [5.41, 5.74) is 10.9. The highest BCUT2D eigenvalue weighted by molar-refractivity contribution is 5.88. The Morgan fingerprint density at radius 2 is 0.909 bits per heavy atom. The van der Waals surface area contributed by atoms with E-state index in [1.807, 2.05) is 0 Å². The molecule has 0 saturated carbocycles. The topological polar surface area (TPSA) is 62.0 Å². The lowest BCUT2D eigenvalue weighted by Crippen LogP contribution is -2.29. The Morgan fingerprint density at radius 1 is 0.509 bits per heavy atom. The number of hydrogen-bond acceptors (Lipinski definition) is 6. The molecule has 4 atom stereocenters. The van der Waals surface area contributed by atoms with Crippen LogP contribution >= 0.6 is 0 Å². The van der Waals surface area contributed by atoms with Crippen LogP contribution in [0.25, 0.3) is 33.4 Å². The smallest absolute Gasteiger partial charge is 0.127 e. The van der Waals surface area contributed by atoms with Gasteiger partial charge in [-0.3, -0.25) is 0 Å². The molecule has 2 aliphatic heterocycles. The molecule has 0 radical (unpaired) electrons. The van der Waals surface area contributed by atoms with Crippen LogP contribution in [0.4, 0.5) is 0 Å². The first-order valence-corrected chi connectivity index (χ1v) is 19.4. The maximum atomic E-state index is 6.57. The van der Waals surface area contributed by atoms with E-state index in [4.69, 9.17) is 28.4 Å². The summed E-state index contributed by atoms with van der Waals surface area (Å²) < 4.78 is 35.9. The fourth-order valence-corrected chi connectivity index (χ4v) is 7.87. The highest BCUT2D eigenvalue weighted by Crippen LogP contribution is 2.57. The molecule has 2 fully saturated rings. The van der Waals surface area contributed by atoms with Crippen LogP contribution in [0.5, 0.6) is 11.5 Å². The second-order valence-corrected chi connectivity index (χ2v) is 14.8. The van der Waals surface area contributed by atoms with Crippen molar-refractivity contribution in [3.05, 3.63) is 168 Å². The van der Waals surface area contributed by atoms with Crippen LogP contribution in [0.3, 0.4) is 0 Å². The standard InChI is InChI=1S/C49H46O6/c1-33(50-29-39-31-52-39)27-54-47-23-21-37(25-43(47)35-13-5-3-6-14-35)49(45-19-11-9-17-41(45)42-18-10-12-20-46(42)49)38-22-24-48(44(26-38)36-15-7-4-8-16-36)55-28-34(2)51-30-40-32-53-40/h3-26,33-34,39-40H,27-32H2,1-2H3. The first-order valence-electron chi connectivity index (χ1n) is 19.4. The first kappa shape index (κ1) is 35.5. The van der Waals surface area contributed by atoms with Crippen molar-refractivity contribution in [2.75, 3.05) is 39.6 Å². The largest absolute Gasteiger partial charge is 0.490 e. The van der Waals surface area contributed by atoms with Gasteiger partial charge in [0, 0.05) is 11.1 Å². The Labute approximate surface area is 323 Å². The average Bonchev–Trinajstić information content (AvgIpc) is 4.19. The fourth-order valence-electron chi connectivity index (χ4n) is 7.87. The van der Waals surface area contributed by atoms with Crippen molar-refractivity contribution in [1.82, 2.24) is 0 Å². The van der Waals surface area contributed by atoms with Gasteiger partial charge in [-0.25, -0.2) is 0 Å². The van der Waals surface area contributed by atoms with Crippen molar-refractivity contribution in [2.45, 2.75) is 43.7 Å².